The van der Waals surface area contributed by atoms with Crippen LogP contribution in [-0.2, 0) is 0 Å². The standard InChI is InChI=1S/C10H8Cl6S4/c1-6-2-4-7(5-3-6)8(17-19-9(11,12)13)18-20-10(14,15)16/h2-5,8H,1H3. The van der Waals surface area contributed by atoms with Crippen LogP contribution < -0.4 is 0 Å². The summed E-state index contributed by atoms with van der Waals surface area (Å²) in [4.78, 5) is 0. The molecule has 0 amide bonds. The molecule has 20 heavy (non-hydrogen) atoms. The first-order chi connectivity index (χ1) is 9.07. The molecule has 0 bridgehead atoms. The third-order valence-electron chi connectivity index (χ3n) is 1.81. The summed E-state index contributed by atoms with van der Waals surface area (Å²) < 4.78 is -2.81. The molecule has 10 heteroatoms. The predicted molar refractivity (Wildman–Crippen MR) is 105 cm³/mol. The summed E-state index contributed by atoms with van der Waals surface area (Å²) in [5.74, 6) is 0. The third kappa shape index (κ3) is 9.49. The molecule has 0 spiro atoms. The number of hydrogen-bond donors (Lipinski definition) is 0. The lowest BCUT2D eigenvalue weighted by Gasteiger charge is -2.19. The molecule has 0 N–H and O–H groups in total. The summed E-state index contributed by atoms with van der Waals surface area (Å²) in [6.07, 6.45) is 0. The average Bonchev–Trinajstić information content (AvgIpc) is 2.28. The first-order valence-electron chi connectivity index (χ1n) is 4.96. The molecule has 0 heterocycles. The molecule has 0 atom stereocenters. The highest BCUT2D eigenvalue weighted by Gasteiger charge is 2.28. The van der Waals surface area contributed by atoms with Crippen molar-refractivity contribution in [3.8, 4) is 0 Å². The van der Waals surface area contributed by atoms with Gasteiger partial charge in [-0.1, -0.05) is 121 Å². The van der Waals surface area contributed by atoms with Crippen LogP contribution in [-0.4, -0.2) is 6.25 Å². The predicted octanol–water partition coefficient (Wildman–Crippen LogP) is 8.41. The Balaban J connectivity index is 2.75. The Morgan fingerprint density at radius 2 is 1.20 bits per heavy atom. The van der Waals surface area contributed by atoms with Gasteiger partial charge in [0.2, 0.25) is 6.25 Å². The molecule has 0 saturated heterocycles. The van der Waals surface area contributed by atoms with E-state index in [0.29, 0.717) is 0 Å². The summed E-state index contributed by atoms with van der Waals surface area (Å²) in [7, 11) is 5.11. The van der Waals surface area contributed by atoms with Gasteiger partial charge in [0.05, 0.1) is 4.58 Å². The van der Waals surface area contributed by atoms with Gasteiger partial charge in [0.15, 0.2) is 0 Å². The van der Waals surface area contributed by atoms with Crippen LogP contribution in [0.5, 0.6) is 0 Å². The number of hydrogen-bond acceptors (Lipinski definition) is 4. The Morgan fingerprint density at radius 1 is 0.800 bits per heavy atom. The molecule has 0 aliphatic heterocycles. The van der Waals surface area contributed by atoms with E-state index in [9.17, 15) is 0 Å². The first-order valence-corrected chi connectivity index (χ1v) is 11.7. The fourth-order valence-electron chi connectivity index (χ4n) is 1.05. The molecule has 0 nitrogen and oxygen atoms in total. The number of benzene rings is 1. The van der Waals surface area contributed by atoms with E-state index in [-0.39, 0.29) is 4.58 Å². The molecule has 0 unspecified atom stereocenters. The molecule has 114 valence electrons. The highest BCUT2D eigenvalue weighted by Crippen LogP contribution is 2.60. The lowest BCUT2D eigenvalue weighted by molar-refractivity contribution is 1.35. The van der Waals surface area contributed by atoms with E-state index in [4.69, 9.17) is 69.6 Å². The zero-order valence-electron chi connectivity index (χ0n) is 9.79. The Kier molecular flexibility index (Phi) is 9.19. The van der Waals surface area contributed by atoms with Gasteiger partial charge in [-0.25, -0.2) is 0 Å². The summed E-state index contributed by atoms with van der Waals surface area (Å²) in [6, 6.07) is 8.06. The topological polar surface area (TPSA) is 0 Å². The van der Waals surface area contributed by atoms with Gasteiger partial charge in [0.1, 0.15) is 0 Å². The molecule has 0 aliphatic rings. The molecule has 0 radical (unpaired) electrons. The zero-order chi connectivity index (χ0) is 15.4. The number of halogens is 6. The van der Waals surface area contributed by atoms with Gasteiger partial charge in [-0.3, -0.25) is 0 Å². The van der Waals surface area contributed by atoms with E-state index in [1.807, 2.05) is 31.2 Å². The van der Waals surface area contributed by atoms with Crippen LogP contribution in [0.2, 0.25) is 0 Å². The number of aryl methyl sites for hydroxylation is 1. The van der Waals surface area contributed by atoms with Crippen molar-refractivity contribution in [1.82, 2.24) is 0 Å². The smallest absolute Gasteiger partial charge is 0.0710 e. The summed E-state index contributed by atoms with van der Waals surface area (Å²) in [5, 5.41) is 0. The monoisotopic (exact) mass is 466 g/mol. The van der Waals surface area contributed by atoms with Crippen molar-refractivity contribution in [3.05, 3.63) is 35.4 Å². The summed E-state index contributed by atoms with van der Waals surface area (Å²) >= 11 is 34.6. The number of alkyl halides is 6. The highest BCUT2D eigenvalue weighted by atomic mass is 35.6. The number of rotatable bonds is 5. The molecule has 1 aromatic rings. The largest absolute Gasteiger partial charge is 0.247 e. The first kappa shape index (κ1) is 20.4. The van der Waals surface area contributed by atoms with Crippen molar-refractivity contribution < 1.29 is 0 Å². The maximum atomic E-state index is 5.76. The van der Waals surface area contributed by atoms with Crippen molar-refractivity contribution in [1.29, 1.82) is 0 Å². The van der Waals surface area contributed by atoms with Gasteiger partial charge in [-0.05, 0) is 34.1 Å². The third-order valence-corrected chi connectivity index (χ3v) is 10.8. The van der Waals surface area contributed by atoms with Crippen LogP contribution in [0.3, 0.4) is 0 Å². The summed E-state index contributed by atoms with van der Waals surface area (Å²) in [5.41, 5.74) is 2.24. The van der Waals surface area contributed by atoms with Gasteiger partial charge in [0.25, 0.3) is 0 Å². The Bertz CT molecular complexity index is 395. The fourth-order valence-corrected chi connectivity index (χ4v) is 7.78. The Labute approximate surface area is 164 Å². The normalized spacial score (nSPS) is 13.0. The Hall–Kier alpha value is 2.36. The molecular weight excluding hydrogens is 461 g/mol. The van der Waals surface area contributed by atoms with Gasteiger partial charge >= 0.3 is 0 Å². The van der Waals surface area contributed by atoms with Crippen molar-refractivity contribution >= 4 is 113 Å². The molecule has 1 rings (SSSR count). The lowest BCUT2D eigenvalue weighted by atomic mass is 10.2. The quantitative estimate of drug-likeness (QED) is 0.241. The van der Waals surface area contributed by atoms with Gasteiger partial charge in [-0.2, -0.15) is 0 Å². The fraction of sp³-hybridized carbons (Fsp3) is 0.400. The van der Waals surface area contributed by atoms with Crippen LogP contribution >= 0.6 is 113 Å². The molecular formula is C10H8Cl6S4. The van der Waals surface area contributed by atoms with E-state index < -0.39 is 6.25 Å². The SMILES string of the molecule is Cc1ccc(C(SSC(Cl)(Cl)Cl)SSC(Cl)(Cl)Cl)cc1. The van der Waals surface area contributed by atoms with E-state index in [1.54, 1.807) is 0 Å². The second-order valence-corrected chi connectivity index (χ2v) is 14.7. The van der Waals surface area contributed by atoms with Crippen molar-refractivity contribution in [3.63, 3.8) is 0 Å². The average molecular weight is 469 g/mol. The van der Waals surface area contributed by atoms with E-state index in [0.717, 1.165) is 27.2 Å². The van der Waals surface area contributed by atoms with Gasteiger partial charge in [-0.15, -0.1) is 0 Å². The Morgan fingerprint density at radius 3 is 1.55 bits per heavy atom. The molecule has 0 aromatic heterocycles. The molecule has 1 aromatic carbocycles. The zero-order valence-corrected chi connectivity index (χ0v) is 17.6. The van der Waals surface area contributed by atoms with Crippen LogP contribution in [0.25, 0.3) is 0 Å². The highest BCUT2D eigenvalue weighted by molar-refractivity contribution is 8.86. The van der Waals surface area contributed by atoms with Crippen LogP contribution in [0.1, 0.15) is 15.7 Å². The van der Waals surface area contributed by atoms with Crippen LogP contribution in [0.4, 0.5) is 0 Å². The van der Waals surface area contributed by atoms with Crippen molar-refractivity contribution in [2.75, 3.05) is 0 Å². The van der Waals surface area contributed by atoms with Crippen molar-refractivity contribution in [2.45, 2.75) is 17.8 Å². The van der Waals surface area contributed by atoms with E-state index in [2.05, 4.69) is 0 Å². The van der Waals surface area contributed by atoms with E-state index in [1.165, 1.54) is 27.2 Å². The second-order valence-electron chi connectivity index (χ2n) is 3.49. The molecule has 0 saturated carbocycles. The van der Waals surface area contributed by atoms with Crippen molar-refractivity contribution in [2.24, 2.45) is 0 Å². The lowest BCUT2D eigenvalue weighted by Crippen LogP contribution is -1.95. The minimum absolute atomic E-state index is 0.0307. The maximum absolute atomic E-state index is 5.76. The summed E-state index contributed by atoms with van der Waals surface area (Å²) in [6.45, 7) is 2.02. The van der Waals surface area contributed by atoms with Crippen LogP contribution in [0, 0.1) is 6.92 Å². The van der Waals surface area contributed by atoms with E-state index >= 15 is 0 Å². The molecule has 0 fully saturated rings. The van der Waals surface area contributed by atoms with Gasteiger partial charge in [0, 0.05) is 0 Å². The maximum Gasteiger partial charge on any atom is 0.247 e. The minimum atomic E-state index is -1.39. The molecule has 0 aliphatic carbocycles. The second kappa shape index (κ2) is 9.00. The van der Waals surface area contributed by atoms with Crippen LogP contribution in [0.15, 0.2) is 24.3 Å². The minimum Gasteiger partial charge on any atom is -0.0710 e. The van der Waals surface area contributed by atoms with Gasteiger partial charge < -0.3 is 0 Å².